The first kappa shape index (κ1) is 18.8. The Morgan fingerprint density at radius 2 is 2.18 bits per heavy atom. The predicted octanol–water partition coefficient (Wildman–Crippen LogP) is 3.02. The number of carbonyl (C=O) groups is 1. The van der Waals surface area contributed by atoms with Gasteiger partial charge in [0.05, 0.1) is 17.9 Å². The van der Waals surface area contributed by atoms with Gasteiger partial charge in [0.1, 0.15) is 0 Å². The molecule has 2 heterocycles. The lowest BCUT2D eigenvalue weighted by molar-refractivity contribution is -0.115. The third kappa shape index (κ3) is 3.98. The molecule has 4 rings (SSSR count). The minimum atomic E-state index is -0.419. The van der Waals surface area contributed by atoms with Gasteiger partial charge >= 0.3 is 5.69 Å². The summed E-state index contributed by atoms with van der Waals surface area (Å²) in [7, 11) is 0. The van der Waals surface area contributed by atoms with Crippen LogP contribution >= 0.6 is 11.8 Å². The van der Waals surface area contributed by atoms with Gasteiger partial charge in [0.2, 0.25) is 5.91 Å². The van der Waals surface area contributed by atoms with Gasteiger partial charge in [-0.2, -0.15) is 0 Å². The summed E-state index contributed by atoms with van der Waals surface area (Å²) in [4.78, 5) is 24.8. The van der Waals surface area contributed by atoms with E-state index in [1.54, 1.807) is 11.5 Å². The summed E-state index contributed by atoms with van der Waals surface area (Å²) in [5, 5.41) is 11.7. The molecule has 0 saturated carbocycles. The second kappa shape index (κ2) is 8.20. The zero-order valence-electron chi connectivity index (χ0n) is 15.6. The van der Waals surface area contributed by atoms with Crippen molar-refractivity contribution in [2.24, 2.45) is 0 Å². The van der Waals surface area contributed by atoms with Crippen LogP contribution in [0.5, 0.6) is 0 Å². The molecular weight excluding hydrogens is 376 g/mol. The topological polar surface area (TPSA) is 89.0 Å². The van der Waals surface area contributed by atoms with Crippen LogP contribution in [-0.4, -0.2) is 38.6 Å². The molecule has 1 aromatic heterocycles. The summed E-state index contributed by atoms with van der Waals surface area (Å²) in [5.74, 6) is -0.138. The van der Waals surface area contributed by atoms with Crippen LogP contribution in [0.2, 0.25) is 0 Å². The highest BCUT2D eigenvalue weighted by Crippen LogP contribution is 2.26. The number of carbonyl (C=O) groups excluding carboxylic acids is 1. The minimum absolute atomic E-state index is 0.0227. The van der Waals surface area contributed by atoms with Gasteiger partial charge in [0.25, 0.3) is 0 Å². The first-order valence-electron chi connectivity index (χ1n) is 9.34. The van der Waals surface area contributed by atoms with Gasteiger partial charge in [-0.1, -0.05) is 48.2 Å². The van der Waals surface area contributed by atoms with Gasteiger partial charge < -0.3 is 10.1 Å². The average Bonchev–Trinajstić information content (AvgIpc) is 3.34. The molecule has 7 nitrogen and oxygen atoms in total. The fourth-order valence-electron chi connectivity index (χ4n) is 3.33. The summed E-state index contributed by atoms with van der Waals surface area (Å²) < 4.78 is 7.18. The Labute approximate surface area is 166 Å². The first-order chi connectivity index (χ1) is 13.6. The molecule has 3 aromatic rings. The minimum Gasteiger partial charge on any atom is -0.376 e. The van der Waals surface area contributed by atoms with Crippen molar-refractivity contribution in [1.29, 1.82) is 0 Å². The van der Waals surface area contributed by atoms with E-state index < -0.39 is 5.25 Å². The number of anilines is 1. The average molecular weight is 398 g/mol. The van der Waals surface area contributed by atoms with Crippen LogP contribution in [0, 0.1) is 0 Å². The molecule has 1 aliphatic rings. The Hall–Kier alpha value is -2.58. The third-order valence-electron chi connectivity index (χ3n) is 4.83. The SMILES string of the molecule is CC(Sc1n[nH]c(=O)n1CC1CCCO1)C(=O)Nc1cccc2ccccc12. The molecular formula is C20H22N4O3S. The molecule has 8 heteroatoms. The Kier molecular flexibility index (Phi) is 5.50. The van der Waals surface area contributed by atoms with Crippen molar-refractivity contribution >= 4 is 34.1 Å². The van der Waals surface area contributed by atoms with Gasteiger partial charge in [0, 0.05) is 17.7 Å². The summed E-state index contributed by atoms with van der Waals surface area (Å²) in [6.45, 7) is 2.99. The largest absolute Gasteiger partial charge is 0.376 e. The van der Waals surface area contributed by atoms with Crippen LogP contribution in [0.25, 0.3) is 10.8 Å². The smallest absolute Gasteiger partial charge is 0.344 e. The number of H-pyrrole nitrogens is 1. The molecule has 0 radical (unpaired) electrons. The maximum Gasteiger partial charge on any atom is 0.344 e. The normalized spacial score (nSPS) is 17.7. The lowest BCUT2D eigenvalue weighted by Gasteiger charge is -2.15. The van der Waals surface area contributed by atoms with Gasteiger partial charge in [-0.05, 0) is 31.2 Å². The summed E-state index contributed by atoms with van der Waals surface area (Å²) >= 11 is 1.26. The number of aromatic nitrogens is 3. The van der Waals surface area contributed by atoms with Crippen molar-refractivity contribution in [1.82, 2.24) is 14.8 Å². The number of fused-ring (bicyclic) bond motifs is 1. The number of amides is 1. The van der Waals surface area contributed by atoms with E-state index in [2.05, 4.69) is 15.5 Å². The van der Waals surface area contributed by atoms with Crippen LogP contribution in [-0.2, 0) is 16.1 Å². The molecule has 0 spiro atoms. The molecule has 1 saturated heterocycles. The van der Waals surface area contributed by atoms with Gasteiger partial charge in [0.15, 0.2) is 5.16 Å². The number of nitrogens with one attached hydrogen (secondary N) is 2. The number of thioether (sulfide) groups is 1. The summed E-state index contributed by atoms with van der Waals surface area (Å²) in [6, 6.07) is 13.7. The standard InChI is InChI=1S/C20H22N4O3S/c1-13(18(25)21-17-10-4-7-14-6-2-3-9-16(14)17)28-20-23-22-19(26)24(20)12-15-8-5-11-27-15/h2-4,6-7,9-10,13,15H,5,8,11-12H2,1H3,(H,21,25)(H,22,26). The lowest BCUT2D eigenvalue weighted by Crippen LogP contribution is -2.27. The van der Waals surface area contributed by atoms with E-state index in [1.165, 1.54) is 11.8 Å². The second-order valence-electron chi connectivity index (χ2n) is 6.83. The molecule has 0 aliphatic carbocycles. The van der Waals surface area contributed by atoms with Crippen LogP contribution in [0.4, 0.5) is 5.69 Å². The summed E-state index contributed by atoms with van der Waals surface area (Å²) in [5.41, 5.74) is 0.494. The number of hydrogen-bond acceptors (Lipinski definition) is 5. The summed E-state index contributed by atoms with van der Waals surface area (Å²) in [6.07, 6.45) is 1.96. The van der Waals surface area contributed by atoms with Gasteiger partial charge in [-0.15, -0.1) is 5.10 Å². The number of benzene rings is 2. The van der Waals surface area contributed by atoms with Crippen LogP contribution in [0.15, 0.2) is 52.4 Å². The molecule has 2 N–H and O–H groups in total. The number of hydrogen-bond donors (Lipinski definition) is 2. The predicted molar refractivity (Wildman–Crippen MR) is 110 cm³/mol. The fraction of sp³-hybridized carbons (Fsp3) is 0.350. The Morgan fingerprint density at radius 3 is 3.00 bits per heavy atom. The third-order valence-corrected chi connectivity index (χ3v) is 5.92. The highest BCUT2D eigenvalue weighted by atomic mass is 32.2. The van der Waals surface area contributed by atoms with E-state index >= 15 is 0 Å². The van der Waals surface area contributed by atoms with Gasteiger partial charge in [-0.25, -0.2) is 9.89 Å². The molecule has 28 heavy (non-hydrogen) atoms. The number of nitrogens with zero attached hydrogens (tertiary/aromatic N) is 2. The zero-order valence-corrected chi connectivity index (χ0v) is 16.4. The Balaban J connectivity index is 1.47. The van der Waals surface area contributed by atoms with E-state index in [9.17, 15) is 9.59 Å². The van der Waals surface area contributed by atoms with E-state index in [4.69, 9.17) is 4.74 Å². The van der Waals surface area contributed by atoms with Crippen molar-refractivity contribution in [3.05, 3.63) is 52.9 Å². The van der Waals surface area contributed by atoms with Gasteiger partial charge in [-0.3, -0.25) is 9.36 Å². The van der Waals surface area contributed by atoms with E-state index in [0.29, 0.717) is 11.7 Å². The number of ether oxygens (including phenoxy) is 1. The maximum atomic E-state index is 12.7. The second-order valence-corrected chi connectivity index (χ2v) is 8.14. The Bertz CT molecular complexity index is 1030. The van der Waals surface area contributed by atoms with E-state index in [0.717, 1.165) is 35.9 Å². The van der Waals surface area contributed by atoms with Crippen LogP contribution in [0.3, 0.4) is 0 Å². The number of rotatable bonds is 6. The highest BCUT2D eigenvalue weighted by Gasteiger charge is 2.23. The lowest BCUT2D eigenvalue weighted by atomic mass is 10.1. The molecule has 2 aromatic carbocycles. The first-order valence-corrected chi connectivity index (χ1v) is 10.2. The quantitative estimate of drug-likeness (QED) is 0.623. The molecule has 1 amide bonds. The Morgan fingerprint density at radius 1 is 1.36 bits per heavy atom. The molecule has 2 atom stereocenters. The van der Waals surface area contributed by atoms with Crippen molar-refractivity contribution in [2.75, 3.05) is 11.9 Å². The molecule has 146 valence electrons. The molecule has 0 bridgehead atoms. The number of aromatic amines is 1. The van der Waals surface area contributed by atoms with Crippen molar-refractivity contribution in [3.63, 3.8) is 0 Å². The highest BCUT2D eigenvalue weighted by molar-refractivity contribution is 8.00. The van der Waals surface area contributed by atoms with Crippen molar-refractivity contribution in [3.8, 4) is 0 Å². The monoisotopic (exact) mass is 398 g/mol. The van der Waals surface area contributed by atoms with E-state index in [-0.39, 0.29) is 17.7 Å². The molecule has 1 fully saturated rings. The zero-order chi connectivity index (χ0) is 19.5. The van der Waals surface area contributed by atoms with Crippen LogP contribution < -0.4 is 11.0 Å². The van der Waals surface area contributed by atoms with E-state index in [1.807, 2.05) is 42.5 Å². The van der Waals surface area contributed by atoms with Crippen molar-refractivity contribution in [2.45, 2.75) is 42.8 Å². The van der Waals surface area contributed by atoms with Crippen LogP contribution in [0.1, 0.15) is 19.8 Å². The fourth-order valence-corrected chi connectivity index (χ4v) is 4.19. The van der Waals surface area contributed by atoms with Crippen molar-refractivity contribution < 1.29 is 9.53 Å². The molecule has 1 aliphatic heterocycles. The maximum absolute atomic E-state index is 12.7. The molecule has 2 unspecified atom stereocenters.